The number of carbonyl (C=O) groups is 1. The quantitative estimate of drug-likeness (QED) is 0.717. The number of hydrogen-bond acceptors (Lipinski definition) is 4. The van der Waals surface area contributed by atoms with E-state index in [0.717, 1.165) is 0 Å². The Morgan fingerprint density at radius 1 is 1.57 bits per heavy atom. The fourth-order valence-electron chi connectivity index (χ4n) is 1.17. The van der Waals surface area contributed by atoms with Crippen molar-refractivity contribution < 1.29 is 4.79 Å². The zero-order valence-corrected chi connectivity index (χ0v) is 8.49. The molecule has 0 radical (unpaired) electrons. The number of carbonyl (C=O) groups excluding carboxylic acids is 1. The molecule has 0 N–H and O–H groups in total. The first-order valence-electron chi connectivity index (χ1n) is 4.18. The summed E-state index contributed by atoms with van der Waals surface area (Å²) in [7, 11) is 0. The van der Waals surface area contributed by atoms with Gasteiger partial charge < -0.3 is 0 Å². The number of aryl methyl sites for hydroxylation is 1. The Morgan fingerprint density at radius 2 is 2.43 bits per heavy atom. The molecule has 0 saturated heterocycles. The highest BCUT2D eigenvalue weighted by molar-refractivity contribution is 7.11. The molecule has 0 atom stereocenters. The second kappa shape index (κ2) is 3.71. The van der Waals surface area contributed by atoms with Crippen LogP contribution in [0.15, 0.2) is 18.3 Å². The molecule has 0 unspecified atom stereocenters. The molecule has 0 bridgehead atoms. The van der Waals surface area contributed by atoms with Gasteiger partial charge in [0, 0.05) is 9.75 Å². The van der Waals surface area contributed by atoms with E-state index < -0.39 is 0 Å². The summed E-state index contributed by atoms with van der Waals surface area (Å²) in [5.74, 6) is 0. The van der Waals surface area contributed by atoms with Gasteiger partial charge in [-0.3, -0.25) is 4.79 Å². The minimum absolute atomic E-state index is 0.373. The molecule has 2 rings (SSSR count). The van der Waals surface area contributed by atoms with Gasteiger partial charge in [0.15, 0.2) is 6.29 Å². The van der Waals surface area contributed by atoms with E-state index in [1.165, 1.54) is 9.75 Å². The molecule has 2 aromatic heterocycles. The molecular weight excluding hydrogens is 198 g/mol. The highest BCUT2D eigenvalue weighted by atomic mass is 32.1. The van der Waals surface area contributed by atoms with E-state index in [4.69, 9.17) is 0 Å². The highest BCUT2D eigenvalue weighted by Crippen LogP contribution is 2.15. The van der Waals surface area contributed by atoms with Gasteiger partial charge in [0.2, 0.25) is 0 Å². The normalized spacial score (nSPS) is 10.4. The molecule has 5 heteroatoms. The Hall–Kier alpha value is -1.49. The zero-order chi connectivity index (χ0) is 9.97. The molecule has 0 fully saturated rings. The van der Waals surface area contributed by atoms with Crippen molar-refractivity contribution in [1.82, 2.24) is 15.0 Å². The lowest BCUT2D eigenvalue weighted by atomic mass is 10.4. The summed E-state index contributed by atoms with van der Waals surface area (Å²) in [5.41, 5.74) is 0.373. The molecule has 72 valence electrons. The second-order valence-electron chi connectivity index (χ2n) is 2.97. The van der Waals surface area contributed by atoms with Crippen LogP contribution in [0, 0.1) is 6.92 Å². The van der Waals surface area contributed by atoms with Gasteiger partial charge in [-0.25, -0.2) is 4.68 Å². The van der Waals surface area contributed by atoms with Crippen molar-refractivity contribution in [2.24, 2.45) is 0 Å². The minimum atomic E-state index is 0.373. The fourth-order valence-corrected chi connectivity index (χ4v) is 2.06. The van der Waals surface area contributed by atoms with E-state index in [1.54, 1.807) is 22.2 Å². The summed E-state index contributed by atoms with van der Waals surface area (Å²) in [6.07, 6.45) is 2.34. The first-order chi connectivity index (χ1) is 6.78. The van der Waals surface area contributed by atoms with Gasteiger partial charge >= 0.3 is 0 Å². The van der Waals surface area contributed by atoms with Crippen molar-refractivity contribution in [2.75, 3.05) is 0 Å². The van der Waals surface area contributed by atoms with Crippen molar-refractivity contribution in [3.05, 3.63) is 33.8 Å². The van der Waals surface area contributed by atoms with Crippen LogP contribution in [0.5, 0.6) is 0 Å². The van der Waals surface area contributed by atoms with E-state index >= 15 is 0 Å². The monoisotopic (exact) mass is 207 g/mol. The van der Waals surface area contributed by atoms with E-state index in [1.807, 2.05) is 0 Å². The summed E-state index contributed by atoms with van der Waals surface area (Å²) in [6.45, 7) is 2.74. The highest BCUT2D eigenvalue weighted by Gasteiger charge is 2.01. The SMILES string of the molecule is Cc1ccc(Cn2cc(C=O)nn2)s1. The van der Waals surface area contributed by atoms with Crippen LogP contribution in [0.3, 0.4) is 0 Å². The molecule has 4 nitrogen and oxygen atoms in total. The van der Waals surface area contributed by atoms with Gasteiger partial charge in [-0.1, -0.05) is 5.21 Å². The molecule has 0 amide bonds. The first-order valence-corrected chi connectivity index (χ1v) is 5.00. The fraction of sp³-hybridized carbons (Fsp3) is 0.222. The van der Waals surface area contributed by atoms with Crippen molar-refractivity contribution in [2.45, 2.75) is 13.5 Å². The van der Waals surface area contributed by atoms with Crippen LogP contribution in [-0.4, -0.2) is 21.3 Å². The Bertz CT molecular complexity index is 446. The molecule has 0 aromatic carbocycles. The average molecular weight is 207 g/mol. The smallest absolute Gasteiger partial charge is 0.171 e. The lowest BCUT2D eigenvalue weighted by molar-refractivity contribution is 0.111. The maximum atomic E-state index is 10.4. The number of aldehydes is 1. The van der Waals surface area contributed by atoms with Gasteiger partial charge in [0.05, 0.1) is 12.7 Å². The zero-order valence-electron chi connectivity index (χ0n) is 7.67. The molecule has 2 aromatic rings. The van der Waals surface area contributed by atoms with Gasteiger partial charge in [-0.2, -0.15) is 0 Å². The van der Waals surface area contributed by atoms with Crippen LogP contribution in [0.1, 0.15) is 20.2 Å². The molecule has 0 saturated carbocycles. The van der Waals surface area contributed by atoms with E-state index in [9.17, 15) is 4.79 Å². The van der Waals surface area contributed by atoms with E-state index in [2.05, 4.69) is 29.4 Å². The van der Waals surface area contributed by atoms with E-state index in [-0.39, 0.29) is 0 Å². The summed E-state index contributed by atoms with van der Waals surface area (Å²) in [6, 6.07) is 4.12. The van der Waals surface area contributed by atoms with Crippen molar-refractivity contribution in [3.63, 3.8) is 0 Å². The van der Waals surface area contributed by atoms with Crippen LogP contribution in [-0.2, 0) is 6.54 Å². The first kappa shape index (κ1) is 9.08. The number of thiophene rings is 1. The molecular formula is C9H9N3OS. The predicted molar refractivity (Wildman–Crippen MR) is 53.6 cm³/mol. The Balaban J connectivity index is 2.14. The summed E-state index contributed by atoms with van der Waals surface area (Å²) < 4.78 is 1.66. The Morgan fingerprint density at radius 3 is 3.00 bits per heavy atom. The number of hydrogen-bond donors (Lipinski definition) is 0. The van der Waals surface area contributed by atoms with Gasteiger partial charge in [-0.15, -0.1) is 16.4 Å². The van der Waals surface area contributed by atoms with Crippen molar-refractivity contribution >= 4 is 17.6 Å². The largest absolute Gasteiger partial charge is 0.296 e. The lowest BCUT2D eigenvalue weighted by Crippen LogP contribution is -1.98. The number of aromatic nitrogens is 3. The van der Waals surface area contributed by atoms with Gasteiger partial charge in [0.25, 0.3) is 0 Å². The lowest BCUT2D eigenvalue weighted by Gasteiger charge is -1.94. The summed E-state index contributed by atoms with van der Waals surface area (Å²) in [4.78, 5) is 12.8. The number of nitrogens with zero attached hydrogens (tertiary/aromatic N) is 3. The van der Waals surface area contributed by atoms with Crippen LogP contribution >= 0.6 is 11.3 Å². The van der Waals surface area contributed by atoms with Gasteiger partial charge in [0.1, 0.15) is 5.69 Å². The molecule has 0 aliphatic rings. The third kappa shape index (κ3) is 1.88. The van der Waals surface area contributed by atoms with Crippen molar-refractivity contribution in [1.29, 1.82) is 0 Å². The van der Waals surface area contributed by atoms with Crippen LogP contribution < -0.4 is 0 Å². The molecule has 14 heavy (non-hydrogen) atoms. The summed E-state index contributed by atoms with van der Waals surface area (Å²) in [5, 5.41) is 7.52. The van der Waals surface area contributed by atoms with Crippen LogP contribution in [0.4, 0.5) is 0 Å². The van der Waals surface area contributed by atoms with Crippen molar-refractivity contribution in [3.8, 4) is 0 Å². The molecule has 0 aliphatic carbocycles. The van der Waals surface area contributed by atoms with Crippen LogP contribution in [0.25, 0.3) is 0 Å². The summed E-state index contributed by atoms with van der Waals surface area (Å²) >= 11 is 1.72. The third-order valence-electron chi connectivity index (χ3n) is 1.79. The van der Waals surface area contributed by atoms with Gasteiger partial charge in [-0.05, 0) is 19.1 Å². The number of rotatable bonds is 3. The molecule has 0 aliphatic heterocycles. The Kier molecular flexibility index (Phi) is 2.41. The molecule has 0 spiro atoms. The van der Waals surface area contributed by atoms with Crippen LogP contribution in [0.2, 0.25) is 0 Å². The molecule has 2 heterocycles. The maximum absolute atomic E-state index is 10.4. The predicted octanol–water partition coefficient (Wildman–Crippen LogP) is 1.51. The topological polar surface area (TPSA) is 47.8 Å². The average Bonchev–Trinajstić information content (AvgIpc) is 2.76. The maximum Gasteiger partial charge on any atom is 0.171 e. The van der Waals surface area contributed by atoms with E-state index in [0.29, 0.717) is 18.5 Å². The minimum Gasteiger partial charge on any atom is -0.296 e. The standard InChI is InChI=1S/C9H9N3OS/c1-7-2-3-9(14-7)5-12-4-8(6-13)10-11-12/h2-4,6H,5H2,1H3. The Labute approximate surface area is 85.2 Å². The second-order valence-corrected chi connectivity index (χ2v) is 4.34. The third-order valence-corrected chi connectivity index (χ3v) is 2.78.